The van der Waals surface area contributed by atoms with Gasteiger partial charge in [0.15, 0.2) is 5.78 Å². The Morgan fingerprint density at radius 2 is 1.30 bits per heavy atom. The van der Waals surface area contributed by atoms with E-state index in [0.29, 0.717) is 0 Å². The number of pyridine rings is 1. The van der Waals surface area contributed by atoms with E-state index in [1.54, 1.807) is 0 Å². The number of allylic oxidation sites excluding steroid dienone is 2. The van der Waals surface area contributed by atoms with Gasteiger partial charge in [-0.25, -0.2) is 0 Å². The molecule has 4 heteroatoms. The summed E-state index contributed by atoms with van der Waals surface area (Å²) < 4.78 is 0. The number of benzene rings is 4. The number of carbonyl (C=O) groups excluding carboxylic acids is 1. The first-order valence-electron chi connectivity index (χ1n) is 16.5. The van der Waals surface area contributed by atoms with E-state index in [1.165, 1.54) is 38.6 Å². The number of ketones is 1. The molecule has 0 aliphatic rings. The first-order chi connectivity index (χ1) is 21.3. The molecule has 0 aliphatic heterocycles. The minimum Gasteiger partial charge on any atom is -0.512 e. The van der Waals surface area contributed by atoms with Gasteiger partial charge < -0.3 is 5.11 Å². The van der Waals surface area contributed by atoms with E-state index in [-0.39, 0.29) is 47.9 Å². The van der Waals surface area contributed by atoms with Gasteiger partial charge in [0.25, 0.3) is 0 Å². The molecule has 0 atom stereocenters. The molecular formula is C42H50IrNO2-. The smallest absolute Gasteiger partial charge is 0.164 e. The predicted molar refractivity (Wildman–Crippen MR) is 193 cm³/mol. The Kier molecular flexibility index (Phi) is 12.1. The van der Waals surface area contributed by atoms with Gasteiger partial charge in [-0.15, -0.1) is 29.1 Å². The molecule has 245 valence electrons. The maximum absolute atomic E-state index is 12.2. The molecule has 3 nitrogen and oxygen atoms in total. The summed E-state index contributed by atoms with van der Waals surface area (Å²) in [7, 11) is 0. The number of aromatic nitrogens is 1. The van der Waals surface area contributed by atoms with Gasteiger partial charge in [-0.05, 0) is 47.3 Å². The van der Waals surface area contributed by atoms with Crippen LogP contribution >= 0.6 is 0 Å². The first-order valence-corrected chi connectivity index (χ1v) is 16.5. The van der Waals surface area contributed by atoms with Crippen molar-refractivity contribution in [3.8, 4) is 11.3 Å². The molecule has 1 radical (unpaired) electrons. The number of nitrogens with zero attached hydrogens (tertiary/aromatic N) is 1. The zero-order valence-corrected chi connectivity index (χ0v) is 31.4. The van der Waals surface area contributed by atoms with Gasteiger partial charge in [0.2, 0.25) is 0 Å². The van der Waals surface area contributed by atoms with Crippen LogP contribution < -0.4 is 0 Å². The van der Waals surface area contributed by atoms with Crippen molar-refractivity contribution in [2.45, 2.75) is 93.4 Å². The third-order valence-electron chi connectivity index (χ3n) is 10.1. The summed E-state index contributed by atoms with van der Waals surface area (Å²) >= 11 is 0. The van der Waals surface area contributed by atoms with Crippen molar-refractivity contribution in [2.24, 2.45) is 10.8 Å². The average molecular weight is 793 g/mol. The van der Waals surface area contributed by atoms with Gasteiger partial charge in [-0.1, -0.05) is 134 Å². The Labute approximate surface area is 289 Å². The topological polar surface area (TPSA) is 50.2 Å². The van der Waals surface area contributed by atoms with Crippen LogP contribution in [0, 0.1) is 16.9 Å². The third-order valence-corrected chi connectivity index (χ3v) is 10.1. The summed E-state index contributed by atoms with van der Waals surface area (Å²) in [4.78, 5) is 17.0. The second-order valence-corrected chi connectivity index (χ2v) is 13.9. The molecule has 5 rings (SSSR count). The van der Waals surface area contributed by atoms with Crippen LogP contribution in [0.15, 0.2) is 90.8 Å². The van der Waals surface area contributed by atoms with Crippen LogP contribution in [0.3, 0.4) is 0 Å². The number of fused-ring (bicyclic) bond motifs is 4. The Hall–Kier alpha value is -3.33. The number of carbonyl (C=O) groups is 1. The number of hydrogen-bond donors (Lipinski definition) is 1. The van der Waals surface area contributed by atoms with Gasteiger partial charge >= 0.3 is 0 Å². The molecule has 46 heavy (non-hydrogen) atoms. The number of aliphatic hydroxyl groups is 1. The van der Waals surface area contributed by atoms with Gasteiger partial charge in [-0.3, -0.25) is 9.78 Å². The van der Waals surface area contributed by atoms with Crippen molar-refractivity contribution in [1.29, 1.82) is 0 Å². The van der Waals surface area contributed by atoms with Gasteiger partial charge in [-0.2, -0.15) is 0 Å². The van der Waals surface area contributed by atoms with E-state index in [0.717, 1.165) is 42.3 Å². The van der Waals surface area contributed by atoms with Crippen LogP contribution in [0.4, 0.5) is 0 Å². The quantitative estimate of drug-likeness (QED) is 0.0737. The number of aliphatic hydroxyl groups excluding tert-OH is 1. The summed E-state index contributed by atoms with van der Waals surface area (Å²) in [5.41, 5.74) is 2.81. The Balaban J connectivity index is 0.000000280. The minimum atomic E-state index is -0.337. The Morgan fingerprint density at radius 3 is 1.91 bits per heavy atom. The molecule has 0 unspecified atom stereocenters. The second-order valence-electron chi connectivity index (χ2n) is 13.9. The predicted octanol–water partition coefficient (Wildman–Crippen LogP) is 12.0. The molecule has 0 bridgehead atoms. The molecular weight excluding hydrogens is 743 g/mol. The van der Waals surface area contributed by atoms with Crippen LogP contribution in [0.5, 0.6) is 0 Å². The molecule has 0 saturated heterocycles. The maximum Gasteiger partial charge on any atom is 0.164 e. The fourth-order valence-corrected chi connectivity index (χ4v) is 5.72. The molecule has 1 N–H and O–H groups in total. The van der Waals surface area contributed by atoms with Crippen molar-refractivity contribution in [3.05, 3.63) is 102 Å². The Morgan fingerprint density at radius 1 is 0.739 bits per heavy atom. The second kappa shape index (κ2) is 15.1. The zero-order valence-electron chi connectivity index (χ0n) is 29.0. The van der Waals surface area contributed by atoms with Gasteiger partial charge in [0.1, 0.15) is 5.76 Å². The van der Waals surface area contributed by atoms with Crippen molar-refractivity contribution in [2.75, 3.05) is 0 Å². The normalized spacial score (nSPS) is 12.5. The number of rotatable bonds is 8. The molecule has 5 aromatic rings. The van der Waals surface area contributed by atoms with E-state index in [4.69, 9.17) is 4.98 Å². The van der Waals surface area contributed by atoms with E-state index in [9.17, 15) is 9.90 Å². The summed E-state index contributed by atoms with van der Waals surface area (Å²) in [5.74, 6) is 0.286. The fraction of sp³-hybridized carbons (Fsp3) is 0.381. The molecule has 1 aromatic heterocycles. The van der Waals surface area contributed by atoms with E-state index in [1.807, 2.05) is 47.7 Å². The van der Waals surface area contributed by atoms with Gasteiger partial charge in [0, 0.05) is 54.3 Å². The largest absolute Gasteiger partial charge is 0.512 e. The van der Waals surface area contributed by atoms with Crippen molar-refractivity contribution in [1.82, 2.24) is 4.98 Å². The molecule has 4 aromatic carbocycles. The molecule has 0 aliphatic carbocycles. The van der Waals surface area contributed by atoms with Crippen molar-refractivity contribution >= 4 is 38.1 Å². The molecule has 0 amide bonds. The zero-order chi connectivity index (χ0) is 33.0. The molecule has 0 saturated carbocycles. The average Bonchev–Trinajstić information content (AvgIpc) is 3.06. The molecule has 1 heterocycles. The summed E-state index contributed by atoms with van der Waals surface area (Å²) in [6.07, 6.45) is 6.76. The van der Waals surface area contributed by atoms with E-state index < -0.39 is 0 Å². The van der Waals surface area contributed by atoms with Crippen LogP contribution in [0.25, 0.3) is 43.6 Å². The van der Waals surface area contributed by atoms with Crippen LogP contribution in [0.2, 0.25) is 0 Å². The fourth-order valence-electron chi connectivity index (χ4n) is 5.72. The Bertz CT molecular complexity index is 1840. The summed E-state index contributed by atoms with van der Waals surface area (Å²) in [6.45, 7) is 18.9. The monoisotopic (exact) mass is 793 g/mol. The maximum atomic E-state index is 12.2. The standard InChI is InChI=1S/C27H22N.C15H28O2.Ir/c1-27(2,3)25-15-21(14-19-9-5-7-11-23(19)25)26-16-20-13-12-18-8-4-6-10-22(18)24(20)17-28-26;1-7-14(5,8-2)12(16)11-13(17)15(6,9-3)10-4;/h4-13,15-17H,1-3H3;11,16H,7-10H2,1-6H3;/q-1;;/b;12-11-;. The third kappa shape index (κ3) is 7.78. The summed E-state index contributed by atoms with van der Waals surface area (Å²) in [5, 5.41) is 17.4. The van der Waals surface area contributed by atoms with Gasteiger partial charge in [0.05, 0.1) is 0 Å². The SMILES string of the molecule is CC(C)(C)c1cc(-c2cc3ccc4ccccc4c3cn2)[c-]c2ccccc12.CCC(C)(CC)C(=O)/C=C(\O)C(C)(CC)CC.[Ir]. The van der Waals surface area contributed by atoms with Crippen LogP contribution in [0.1, 0.15) is 93.6 Å². The first kappa shape index (κ1) is 37.1. The van der Waals surface area contributed by atoms with E-state index >= 15 is 0 Å². The van der Waals surface area contributed by atoms with Crippen LogP contribution in [-0.2, 0) is 30.3 Å². The van der Waals surface area contributed by atoms with E-state index in [2.05, 4.69) is 99.6 Å². The summed E-state index contributed by atoms with van der Waals surface area (Å²) in [6, 6.07) is 29.4. The van der Waals surface area contributed by atoms with Crippen LogP contribution in [-0.4, -0.2) is 15.9 Å². The molecule has 0 spiro atoms. The van der Waals surface area contributed by atoms with Crippen molar-refractivity contribution in [3.63, 3.8) is 0 Å². The number of hydrogen-bond acceptors (Lipinski definition) is 3. The van der Waals surface area contributed by atoms with Crippen molar-refractivity contribution < 1.29 is 30.0 Å². The molecule has 0 fully saturated rings. The minimum absolute atomic E-state index is 0.